The van der Waals surface area contributed by atoms with Crippen molar-refractivity contribution in [2.45, 2.75) is 43.3 Å². The fraction of sp³-hybridized carbons (Fsp3) is 0.217. The number of benzene rings is 4. The van der Waals surface area contributed by atoms with E-state index in [9.17, 15) is 45.3 Å². The maximum atomic E-state index is 15.7. The number of rotatable bonds is 14. The van der Waals surface area contributed by atoms with Gasteiger partial charge in [-0.2, -0.15) is 26.3 Å². The van der Waals surface area contributed by atoms with Crippen LogP contribution in [0.4, 0.5) is 50.9 Å². The number of ether oxygens (including phenoxy) is 1. The van der Waals surface area contributed by atoms with Crippen molar-refractivity contribution in [2.75, 3.05) is 30.0 Å². The quantitative estimate of drug-likeness (QED) is 0.105. The number of amides is 2. The predicted octanol–water partition coefficient (Wildman–Crippen LogP) is 9.53. The molecule has 0 radical (unpaired) electrons. The highest BCUT2D eigenvalue weighted by atomic mass is 35.5. The van der Waals surface area contributed by atoms with E-state index < -0.39 is 88.2 Å². The summed E-state index contributed by atoms with van der Waals surface area (Å²) < 4.78 is 130. The van der Waals surface area contributed by atoms with Crippen molar-refractivity contribution in [3.8, 4) is 5.75 Å². The average Bonchev–Trinajstić information content (AvgIpc) is 3.27. The van der Waals surface area contributed by atoms with Crippen molar-refractivity contribution in [1.29, 1.82) is 0 Å². The molecule has 0 fully saturated rings. The first-order valence-electron chi connectivity index (χ1n) is 19.3. The Morgan fingerprint density at radius 1 is 0.600 bits per heavy atom. The number of aryl methyl sites for hydroxylation is 1. The first-order chi connectivity index (χ1) is 30.6. The van der Waals surface area contributed by atoms with Gasteiger partial charge in [-0.05, 0) is 96.4 Å². The van der Waals surface area contributed by atoms with E-state index in [4.69, 9.17) is 16.3 Å². The summed E-state index contributed by atoms with van der Waals surface area (Å²) in [6.45, 7) is 0.249. The average molecular weight is 931 g/mol. The molecule has 2 amide bonds. The number of alkyl halides is 6. The Kier molecular flexibility index (Phi) is 14.0. The largest absolute Gasteiger partial charge is 0.495 e. The van der Waals surface area contributed by atoms with Gasteiger partial charge in [0, 0.05) is 67.2 Å². The second-order valence-electron chi connectivity index (χ2n) is 14.7. The molecule has 9 nitrogen and oxygen atoms in total. The van der Waals surface area contributed by atoms with Crippen LogP contribution in [-0.2, 0) is 46.0 Å². The van der Waals surface area contributed by atoms with Crippen LogP contribution in [0.1, 0.15) is 39.2 Å². The Bertz CT molecular complexity index is 2650. The number of hydrogen-bond acceptors (Lipinski definition) is 7. The predicted molar refractivity (Wildman–Crippen MR) is 220 cm³/mol. The third-order valence-electron chi connectivity index (χ3n) is 10.6. The first kappa shape index (κ1) is 48.0. The van der Waals surface area contributed by atoms with E-state index in [1.165, 1.54) is 44.4 Å². The number of pyridine rings is 2. The number of methoxy groups -OCH3 is 1. The zero-order valence-corrected chi connectivity index (χ0v) is 34.8. The van der Waals surface area contributed by atoms with Gasteiger partial charge in [0.15, 0.2) is 0 Å². The normalized spacial score (nSPS) is 13.7. The second-order valence-corrected chi connectivity index (χ2v) is 15.1. The molecule has 6 rings (SSSR count). The summed E-state index contributed by atoms with van der Waals surface area (Å²) in [6, 6.07) is 17.5. The molecule has 0 aliphatic rings. The van der Waals surface area contributed by atoms with Crippen LogP contribution in [0.3, 0.4) is 0 Å². The summed E-state index contributed by atoms with van der Waals surface area (Å²) in [6.07, 6.45) is -9.05. The molecule has 2 atom stereocenters. The minimum Gasteiger partial charge on any atom is -0.495 e. The number of anilines is 2. The van der Waals surface area contributed by atoms with Crippen LogP contribution < -0.4 is 14.5 Å². The van der Waals surface area contributed by atoms with Crippen molar-refractivity contribution in [2.24, 2.45) is 0 Å². The minimum atomic E-state index is -4.74. The van der Waals surface area contributed by atoms with Crippen LogP contribution >= 0.6 is 11.6 Å². The number of carbonyl (C=O) groups excluding carboxylic acids is 2. The fourth-order valence-electron chi connectivity index (χ4n) is 6.94. The zero-order chi connectivity index (χ0) is 47.5. The molecule has 0 bridgehead atoms. The van der Waals surface area contributed by atoms with Crippen molar-refractivity contribution < 1.29 is 64.1 Å². The van der Waals surface area contributed by atoms with Gasteiger partial charge in [-0.25, -0.2) is 13.2 Å². The van der Waals surface area contributed by atoms with Crippen molar-refractivity contribution in [3.63, 3.8) is 0 Å². The molecule has 2 heterocycles. The molecule has 0 spiro atoms. The zero-order valence-electron chi connectivity index (χ0n) is 34.1. The van der Waals surface area contributed by atoms with E-state index in [1.807, 2.05) is 0 Å². The SMILES string of the molecule is COc1cc(N(CCc2ccc(C(F)(F)F)cn2)C(=O)[C@](O)(c2ccc(F)cc2)[C@](O)(C(=O)N(CCc2ccc(C(F)(F)F)cn2)c2ccc(C)c(F)c2)c2ccc(F)cc2)ccc1Cl. The van der Waals surface area contributed by atoms with Crippen LogP contribution in [0, 0.1) is 24.4 Å². The van der Waals surface area contributed by atoms with Gasteiger partial charge in [0.2, 0.25) is 11.2 Å². The lowest BCUT2D eigenvalue weighted by molar-refractivity contribution is -0.188. The molecular formula is C46H36ClF9N4O5. The summed E-state index contributed by atoms with van der Waals surface area (Å²) in [5.41, 5.74) is -10.9. The molecule has 0 saturated carbocycles. The minimum absolute atomic E-state index is 0.0105. The lowest BCUT2D eigenvalue weighted by Crippen LogP contribution is -2.66. The van der Waals surface area contributed by atoms with Crippen molar-refractivity contribution >= 4 is 34.8 Å². The van der Waals surface area contributed by atoms with E-state index in [1.54, 1.807) is 0 Å². The highest BCUT2D eigenvalue weighted by Crippen LogP contribution is 2.46. The van der Waals surface area contributed by atoms with Gasteiger partial charge >= 0.3 is 12.4 Å². The number of halogens is 10. The molecule has 2 N–H and O–H groups in total. The smallest absolute Gasteiger partial charge is 0.417 e. The molecule has 340 valence electrons. The summed E-state index contributed by atoms with van der Waals surface area (Å²) in [5, 5.41) is 26.8. The van der Waals surface area contributed by atoms with Crippen molar-refractivity contribution in [3.05, 3.63) is 183 Å². The number of carbonyl (C=O) groups is 2. The molecule has 2 aromatic heterocycles. The van der Waals surface area contributed by atoms with Crippen LogP contribution in [0.5, 0.6) is 5.75 Å². The number of hydrogen-bond donors (Lipinski definition) is 2. The summed E-state index contributed by atoms with van der Waals surface area (Å²) in [4.78, 5) is 40.5. The van der Waals surface area contributed by atoms with Gasteiger partial charge in [0.05, 0.1) is 23.3 Å². The number of aromatic nitrogens is 2. The summed E-state index contributed by atoms with van der Waals surface area (Å²) in [5.74, 6) is -5.77. The van der Waals surface area contributed by atoms with E-state index in [0.29, 0.717) is 12.4 Å². The molecule has 4 aromatic carbocycles. The van der Waals surface area contributed by atoms with Crippen LogP contribution in [0.25, 0.3) is 0 Å². The van der Waals surface area contributed by atoms with E-state index >= 15 is 14.0 Å². The van der Waals surface area contributed by atoms with Gasteiger partial charge in [0.25, 0.3) is 11.8 Å². The van der Waals surface area contributed by atoms with E-state index in [0.717, 1.165) is 88.7 Å². The van der Waals surface area contributed by atoms with Crippen LogP contribution in [0.15, 0.2) is 122 Å². The Labute approximate surface area is 370 Å². The molecule has 0 aliphatic heterocycles. The first-order valence-corrected chi connectivity index (χ1v) is 19.7. The molecule has 0 aliphatic carbocycles. The molecule has 0 unspecified atom stereocenters. The lowest BCUT2D eigenvalue weighted by atomic mass is 9.71. The van der Waals surface area contributed by atoms with Crippen molar-refractivity contribution in [1.82, 2.24) is 9.97 Å². The highest BCUT2D eigenvalue weighted by Gasteiger charge is 2.64. The third-order valence-corrected chi connectivity index (χ3v) is 10.9. The number of nitrogens with zero attached hydrogens (tertiary/aromatic N) is 4. The van der Waals surface area contributed by atoms with Crippen LogP contribution in [-0.4, -0.2) is 52.2 Å². The summed E-state index contributed by atoms with van der Waals surface area (Å²) in [7, 11) is 1.24. The van der Waals surface area contributed by atoms with E-state index in [-0.39, 0.29) is 51.9 Å². The molecular weight excluding hydrogens is 895 g/mol. The topological polar surface area (TPSA) is 116 Å². The molecule has 0 saturated heterocycles. The Morgan fingerprint density at radius 2 is 1.00 bits per heavy atom. The van der Waals surface area contributed by atoms with Gasteiger partial charge in [-0.1, -0.05) is 41.9 Å². The second kappa shape index (κ2) is 18.9. The van der Waals surface area contributed by atoms with Gasteiger partial charge in [-0.15, -0.1) is 0 Å². The molecule has 6 aromatic rings. The molecule has 19 heteroatoms. The monoisotopic (exact) mass is 930 g/mol. The summed E-state index contributed by atoms with van der Waals surface area (Å²) >= 11 is 6.31. The third kappa shape index (κ3) is 10.1. The van der Waals surface area contributed by atoms with Crippen LogP contribution in [0.2, 0.25) is 5.02 Å². The maximum Gasteiger partial charge on any atom is 0.417 e. The lowest BCUT2D eigenvalue weighted by Gasteiger charge is -2.46. The Hall–Kier alpha value is -6.50. The fourth-order valence-corrected chi connectivity index (χ4v) is 7.14. The van der Waals surface area contributed by atoms with Gasteiger partial charge in [0.1, 0.15) is 23.2 Å². The maximum absolute atomic E-state index is 15.7. The highest BCUT2D eigenvalue weighted by molar-refractivity contribution is 6.32. The number of aliphatic hydroxyl groups is 2. The van der Waals surface area contributed by atoms with Gasteiger partial charge < -0.3 is 24.7 Å². The van der Waals surface area contributed by atoms with Gasteiger partial charge in [-0.3, -0.25) is 19.6 Å². The Balaban J connectivity index is 1.58. The van der Waals surface area contributed by atoms with E-state index in [2.05, 4.69) is 9.97 Å². The molecule has 65 heavy (non-hydrogen) atoms. The Morgan fingerprint density at radius 3 is 1.37 bits per heavy atom. The standard InChI is InChI=1S/C46H36ClF9N4O5/c1-27-3-16-36(23-39(27)50)59(21-19-34-14-8-30(25-57-34)45(51,52)53)41(61)43(63,28-4-10-32(48)11-5-28)44(64,29-6-12-33(49)13-7-29)42(62)60(37-17-18-38(47)40(24-37)65-2)22-20-35-15-9-31(26-58-35)46(54,55)56/h3-18,23-26,63-64H,19-22H2,1-2H3/t43-,44-/m1/s1.